The first-order valence-electron chi connectivity index (χ1n) is 13.7. The van der Waals surface area contributed by atoms with E-state index in [1.54, 1.807) is 12.1 Å². The summed E-state index contributed by atoms with van der Waals surface area (Å²) in [7, 11) is 0. The third-order valence-corrected chi connectivity index (χ3v) is 6.85. The molecule has 0 fully saturated rings. The molecule has 38 heavy (non-hydrogen) atoms. The van der Waals surface area contributed by atoms with Crippen LogP contribution in [0.1, 0.15) is 77.3 Å². The normalized spacial score (nSPS) is 14.4. The maximum Gasteiger partial charge on any atom is 0.237 e. The van der Waals surface area contributed by atoms with Crippen molar-refractivity contribution >= 4 is 36.3 Å². The molecule has 0 saturated heterocycles. The second-order valence-corrected chi connectivity index (χ2v) is 9.96. The Kier molecular flexibility index (Phi) is 18.9. The quantitative estimate of drug-likeness (QED) is 0.183. The standard InChI is InChI=1S/C31H47N3O2.2ClH/c1-5-8-15-27(32)22-33-31(36)30(20-24-16-18-28(35)19-17-24)34-29(23(4)7-3)21-26(12-6-2)25-13-10-9-11-14-25;;/h9-11,13-14,16-19,21,23,27,29-30,34-35H,5-8,12,15,20,22,32H2,1-4H3,(H,33,36);2*1H/b26-21-;;/t23-,27-,29+,30-;;/m0../s1. The molecule has 0 spiro atoms. The monoisotopic (exact) mass is 565 g/mol. The summed E-state index contributed by atoms with van der Waals surface area (Å²) < 4.78 is 0. The number of allylic oxidation sites excluding steroid dienone is 1. The molecule has 0 saturated carbocycles. The number of carbonyl (C=O) groups is 1. The lowest BCUT2D eigenvalue weighted by Crippen LogP contribution is -2.52. The topological polar surface area (TPSA) is 87.4 Å². The van der Waals surface area contributed by atoms with Gasteiger partial charge >= 0.3 is 0 Å². The van der Waals surface area contributed by atoms with Gasteiger partial charge in [0.25, 0.3) is 0 Å². The summed E-state index contributed by atoms with van der Waals surface area (Å²) in [6.45, 7) is 9.25. The van der Waals surface area contributed by atoms with E-state index in [4.69, 9.17) is 5.73 Å². The number of rotatable bonds is 16. The molecule has 0 aliphatic rings. The molecule has 2 rings (SSSR count). The summed E-state index contributed by atoms with van der Waals surface area (Å²) in [5.74, 6) is 0.540. The van der Waals surface area contributed by atoms with Crippen LogP contribution in [0.3, 0.4) is 0 Å². The number of phenols is 1. The Balaban J connectivity index is 0.00000684. The first-order valence-corrected chi connectivity index (χ1v) is 13.7. The van der Waals surface area contributed by atoms with Crippen LogP contribution in [0.2, 0.25) is 0 Å². The maximum atomic E-state index is 13.4. The van der Waals surface area contributed by atoms with E-state index in [1.807, 2.05) is 18.2 Å². The van der Waals surface area contributed by atoms with Gasteiger partial charge in [0.2, 0.25) is 5.91 Å². The van der Waals surface area contributed by atoms with Crippen LogP contribution in [-0.2, 0) is 11.2 Å². The molecule has 0 aliphatic carbocycles. The number of amides is 1. The average Bonchev–Trinajstić information content (AvgIpc) is 2.90. The fourth-order valence-corrected chi connectivity index (χ4v) is 4.34. The number of unbranched alkanes of at least 4 members (excludes halogenated alkanes) is 1. The van der Waals surface area contributed by atoms with E-state index in [0.717, 1.165) is 44.1 Å². The molecule has 1 amide bonds. The lowest BCUT2D eigenvalue weighted by Gasteiger charge is -2.29. The van der Waals surface area contributed by atoms with Gasteiger partial charge in [-0.25, -0.2) is 0 Å². The highest BCUT2D eigenvalue weighted by molar-refractivity contribution is 5.85. The largest absolute Gasteiger partial charge is 0.508 e. The zero-order chi connectivity index (χ0) is 26.3. The predicted molar refractivity (Wildman–Crippen MR) is 166 cm³/mol. The first-order chi connectivity index (χ1) is 17.4. The second-order valence-electron chi connectivity index (χ2n) is 9.96. The Bertz CT molecular complexity index is 922. The number of nitrogens with two attached hydrogens (primary N) is 1. The Morgan fingerprint density at radius 3 is 2.24 bits per heavy atom. The van der Waals surface area contributed by atoms with Crippen LogP contribution in [0.15, 0.2) is 60.7 Å². The minimum atomic E-state index is -0.415. The molecule has 4 atom stereocenters. The number of phenolic OH excluding ortho intramolecular Hbond substituents is 1. The van der Waals surface area contributed by atoms with E-state index < -0.39 is 6.04 Å². The van der Waals surface area contributed by atoms with Gasteiger partial charge in [0, 0.05) is 18.6 Å². The molecule has 7 heteroatoms. The molecule has 214 valence electrons. The van der Waals surface area contributed by atoms with E-state index in [9.17, 15) is 9.90 Å². The molecule has 2 aromatic carbocycles. The smallest absolute Gasteiger partial charge is 0.237 e. The number of benzene rings is 2. The summed E-state index contributed by atoms with van der Waals surface area (Å²) >= 11 is 0. The van der Waals surface area contributed by atoms with Gasteiger partial charge in [-0.1, -0.05) is 102 Å². The van der Waals surface area contributed by atoms with Crippen molar-refractivity contribution in [2.75, 3.05) is 6.54 Å². The number of nitrogens with one attached hydrogen (secondary N) is 2. The van der Waals surface area contributed by atoms with Crippen LogP contribution >= 0.6 is 24.8 Å². The summed E-state index contributed by atoms with van der Waals surface area (Å²) in [6, 6.07) is 17.2. The first kappa shape index (κ1) is 35.9. The summed E-state index contributed by atoms with van der Waals surface area (Å²) in [5.41, 5.74) is 9.78. The van der Waals surface area contributed by atoms with Crippen molar-refractivity contribution in [3.8, 4) is 5.75 Å². The number of hydrogen-bond acceptors (Lipinski definition) is 4. The van der Waals surface area contributed by atoms with Crippen molar-refractivity contribution in [1.29, 1.82) is 0 Å². The van der Waals surface area contributed by atoms with Crippen molar-refractivity contribution in [3.05, 3.63) is 71.8 Å². The molecule has 5 N–H and O–H groups in total. The number of hydrogen-bond donors (Lipinski definition) is 4. The minimum absolute atomic E-state index is 0. The van der Waals surface area contributed by atoms with E-state index in [0.29, 0.717) is 18.9 Å². The van der Waals surface area contributed by atoms with E-state index >= 15 is 0 Å². The van der Waals surface area contributed by atoms with Gasteiger partial charge in [0.05, 0.1) is 6.04 Å². The van der Waals surface area contributed by atoms with E-state index in [-0.39, 0.29) is 48.6 Å². The Hall–Kier alpha value is -2.05. The number of carbonyl (C=O) groups excluding carboxylic acids is 1. The third-order valence-electron chi connectivity index (χ3n) is 6.85. The molecule has 0 radical (unpaired) electrons. The second kappa shape index (κ2) is 19.9. The lowest BCUT2D eigenvalue weighted by molar-refractivity contribution is -0.123. The van der Waals surface area contributed by atoms with Crippen molar-refractivity contribution in [2.45, 2.75) is 90.8 Å². The van der Waals surface area contributed by atoms with Crippen LogP contribution in [-0.4, -0.2) is 35.7 Å². The zero-order valence-corrected chi connectivity index (χ0v) is 25.1. The van der Waals surface area contributed by atoms with Crippen molar-refractivity contribution in [1.82, 2.24) is 10.6 Å². The van der Waals surface area contributed by atoms with Gasteiger partial charge in [0.1, 0.15) is 5.75 Å². The molecular formula is C31H49Cl2N3O2. The Morgan fingerprint density at radius 2 is 1.66 bits per heavy atom. The number of aromatic hydroxyl groups is 1. The average molecular weight is 567 g/mol. The lowest BCUT2D eigenvalue weighted by atomic mass is 9.91. The highest BCUT2D eigenvalue weighted by Gasteiger charge is 2.25. The highest BCUT2D eigenvalue weighted by atomic mass is 35.5. The molecule has 0 aromatic heterocycles. The summed E-state index contributed by atoms with van der Waals surface area (Å²) in [6.07, 6.45) is 8.97. The Labute approximate surface area is 242 Å². The van der Waals surface area contributed by atoms with Gasteiger partial charge < -0.3 is 16.2 Å². The fourth-order valence-electron chi connectivity index (χ4n) is 4.34. The highest BCUT2D eigenvalue weighted by Crippen LogP contribution is 2.23. The van der Waals surface area contributed by atoms with Crippen LogP contribution in [0.5, 0.6) is 5.75 Å². The molecule has 0 bridgehead atoms. The van der Waals surface area contributed by atoms with Crippen molar-refractivity contribution in [3.63, 3.8) is 0 Å². The van der Waals surface area contributed by atoms with E-state index in [1.165, 1.54) is 11.1 Å². The fraction of sp³-hybridized carbons (Fsp3) is 0.516. The molecule has 5 nitrogen and oxygen atoms in total. The predicted octanol–water partition coefficient (Wildman–Crippen LogP) is 6.67. The minimum Gasteiger partial charge on any atom is -0.508 e. The summed E-state index contributed by atoms with van der Waals surface area (Å²) in [4.78, 5) is 13.4. The molecule has 2 aromatic rings. The van der Waals surface area contributed by atoms with Crippen LogP contribution in [0.4, 0.5) is 0 Å². The molecule has 0 aliphatic heterocycles. The van der Waals surface area contributed by atoms with E-state index in [2.05, 4.69) is 68.7 Å². The van der Waals surface area contributed by atoms with Gasteiger partial charge in [-0.05, 0) is 54.0 Å². The molecule has 0 unspecified atom stereocenters. The van der Waals surface area contributed by atoms with Crippen molar-refractivity contribution < 1.29 is 9.90 Å². The zero-order valence-electron chi connectivity index (χ0n) is 23.5. The van der Waals surface area contributed by atoms with Crippen LogP contribution in [0.25, 0.3) is 5.57 Å². The van der Waals surface area contributed by atoms with Gasteiger partial charge in [-0.3, -0.25) is 10.1 Å². The summed E-state index contributed by atoms with van der Waals surface area (Å²) in [5, 5.41) is 16.5. The van der Waals surface area contributed by atoms with Gasteiger partial charge in [-0.2, -0.15) is 0 Å². The van der Waals surface area contributed by atoms with Crippen LogP contribution in [0, 0.1) is 5.92 Å². The molecular weight excluding hydrogens is 517 g/mol. The SMILES string of the molecule is CCCC[C@H](N)CNC(=O)[C@H](Cc1ccc(O)cc1)N[C@H](/C=C(/CCC)c1ccccc1)[C@@H](C)CC.Cl.Cl. The maximum absolute atomic E-state index is 13.4. The number of halogens is 2. The third kappa shape index (κ3) is 12.7. The van der Waals surface area contributed by atoms with Crippen LogP contribution < -0.4 is 16.4 Å². The van der Waals surface area contributed by atoms with Gasteiger partial charge in [-0.15, -0.1) is 24.8 Å². The Morgan fingerprint density at radius 1 is 1.00 bits per heavy atom. The van der Waals surface area contributed by atoms with Gasteiger partial charge in [0.15, 0.2) is 0 Å². The van der Waals surface area contributed by atoms with Crippen molar-refractivity contribution in [2.24, 2.45) is 11.7 Å². The molecule has 0 heterocycles.